The highest BCUT2D eigenvalue weighted by atomic mass is 35.5. The van der Waals surface area contributed by atoms with Crippen LogP contribution < -0.4 is 9.64 Å². The van der Waals surface area contributed by atoms with Crippen LogP contribution >= 0.6 is 34.7 Å². The molecule has 0 radical (unpaired) electrons. The Balaban J connectivity index is 1.39. The number of benzene rings is 3. The molecular weight excluding hydrogens is 570 g/mol. The molecule has 40 heavy (non-hydrogen) atoms. The standard InChI is InChI=1S/C29H22ClN3O5S2/c1-15-11-19-12-17(9-10-22(19)38-15)25(35)23-24(16-6-4-7-20(34)13-16)33(27(37)26(23)36)28-31-32-29(40-28)39-14-18-5-2-3-8-21(18)30/h2-10,12-13,15,24,34-35H,11,14H2,1H3/b25-23+/t15-,24+/m0/s1. The first-order chi connectivity index (χ1) is 19.3. The molecule has 2 aliphatic rings. The molecule has 3 aromatic carbocycles. The Morgan fingerprint density at radius 2 is 1.95 bits per heavy atom. The summed E-state index contributed by atoms with van der Waals surface area (Å²) in [6.07, 6.45) is 0.674. The fraction of sp³-hybridized carbons (Fsp3) is 0.172. The number of thioether (sulfide) groups is 1. The predicted molar refractivity (Wildman–Crippen MR) is 154 cm³/mol. The summed E-state index contributed by atoms with van der Waals surface area (Å²) in [5, 5.41) is 30.9. The van der Waals surface area contributed by atoms with Gasteiger partial charge in [-0.15, -0.1) is 10.2 Å². The third kappa shape index (κ3) is 4.83. The van der Waals surface area contributed by atoms with Gasteiger partial charge in [-0.2, -0.15) is 0 Å². The number of aliphatic hydroxyl groups excluding tert-OH is 1. The Hall–Kier alpha value is -3.86. The highest BCUT2D eigenvalue weighted by Crippen LogP contribution is 2.45. The van der Waals surface area contributed by atoms with Crippen LogP contribution in [-0.4, -0.2) is 38.2 Å². The Labute approximate surface area is 242 Å². The van der Waals surface area contributed by atoms with Gasteiger partial charge >= 0.3 is 5.91 Å². The van der Waals surface area contributed by atoms with Gasteiger partial charge in [0.1, 0.15) is 23.4 Å². The number of ketones is 1. The molecule has 4 aromatic rings. The molecule has 0 spiro atoms. The van der Waals surface area contributed by atoms with Crippen LogP contribution in [0.3, 0.4) is 0 Å². The molecular formula is C29H22ClN3O5S2. The highest BCUT2D eigenvalue weighted by molar-refractivity contribution is 8.00. The molecule has 0 aliphatic carbocycles. The van der Waals surface area contributed by atoms with E-state index in [0.717, 1.165) is 28.2 Å². The topological polar surface area (TPSA) is 113 Å². The molecule has 0 unspecified atom stereocenters. The second-order valence-corrected chi connectivity index (χ2v) is 12.0. The molecule has 1 aromatic heterocycles. The summed E-state index contributed by atoms with van der Waals surface area (Å²) in [6.45, 7) is 1.95. The van der Waals surface area contributed by atoms with Crippen molar-refractivity contribution in [3.05, 3.63) is 99.6 Å². The Bertz CT molecular complexity index is 1690. The lowest BCUT2D eigenvalue weighted by Crippen LogP contribution is -2.29. The summed E-state index contributed by atoms with van der Waals surface area (Å²) < 4.78 is 6.35. The number of phenolic OH excluding ortho intramolecular Hbond substituents is 1. The van der Waals surface area contributed by atoms with Crippen molar-refractivity contribution < 1.29 is 24.5 Å². The van der Waals surface area contributed by atoms with E-state index in [9.17, 15) is 19.8 Å². The molecule has 11 heteroatoms. The van der Waals surface area contributed by atoms with Crippen molar-refractivity contribution in [2.75, 3.05) is 4.90 Å². The summed E-state index contributed by atoms with van der Waals surface area (Å²) in [5.74, 6) is -0.772. The van der Waals surface area contributed by atoms with Crippen LogP contribution in [0.2, 0.25) is 5.02 Å². The Morgan fingerprint density at radius 3 is 2.75 bits per heavy atom. The van der Waals surface area contributed by atoms with Crippen LogP contribution in [0.4, 0.5) is 5.13 Å². The third-order valence-electron chi connectivity index (χ3n) is 6.71. The van der Waals surface area contributed by atoms with E-state index < -0.39 is 17.7 Å². The average Bonchev–Trinajstić information content (AvgIpc) is 3.63. The number of carbonyl (C=O) groups is 2. The quantitative estimate of drug-likeness (QED) is 0.0904. The molecule has 2 aliphatic heterocycles. The molecule has 202 valence electrons. The number of nitrogens with zero attached hydrogens (tertiary/aromatic N) is 3. The van der Waals surface area contributed by atoms with Crippen LogP contribution in [0.1, 0.15) is 35.2 Å². The maximum Gasteiger partial charge on any atom is 0.301 e. The minimum Gasteiger partial charge on any atom is -0.508 e. The Kier molecular flexibility index (Phi) is 6.99. The lowest BCUT2D eigenvalue weighted by atomic mass is 9.94. The van der Waals surface area contributed by atoms with E-state index in [-0.39, 0.29) is 28.3 Å². The summed E-state index contributed by atoms with van der Waals surface area (Å²) in [5.41, 5.74) is 2.58. The molecule has 1 fully saturated rings. The largest absolute Gasteiger partial charge is 0.508 e. The van der Waals surface area contributed by atoms with E-state index in [1.54, 1.807) is 30.3 Å². The number of hydrogen-bond acceptors (Lipinski definition) is 9. The molecule has 1 saturated heterocycles. The fourth-order valence-electron chi connectivity index (χ4n) is 4.88. The lowest BCUT2D eigenvalue weighted by molar-refractivity contribution is -0.132. The van der Waals surface area contributed by atoms with Gasteiger partial charge in [-0.3, -0.25) is 14.5 Å². The molecule has 3 heterocycles. The van der Waals surface area contributed by atoms with Crippen molar-refractivity contribution >= 4 is 57.3 Å². The van der Waals surface area contributed by atoms with Crippen molar-refractivity contribution in [1.29, 1.82) is 0 Å². The molecule has 1 amide bonds. The molecule has 0 bridgehead atoms. The number of ether oxygens (including phenoxy) is 1. The number of halogens is 1. The second kappa shape index (κ2) is 10.6. The van der Waals surface area contributed by atoms with E-state index in [0.29, 0.717) is 32.7 Å². The van der Waals surface area contributed by atoms with Crippen LogP contribution in [0, 0.1) is 0 Å². The van der Waals surface area contributed by atoms with Crippen molar-refractivity contribution in [3.8, 4) is 11.5 Å². The van der Waals surface area contributed by atoms with Gasteiger partial charge < -0.3 is 14.9 Å². The number of hydrogen-bond donors (Lipinski definition) is 2. The van der Waals surface area contributed by atoms with Gasteiger partial charge in [0.25, 0.3) is 5.78 Å². The highest BCUT2D eigenvalue weighted by Gasteiger charge is 2.48. The van der Waals surface area contributed by atoms with Gasteiger partial charge in [0.15, 0.2) is 4.34 Å². The summed E-state index contributed by atoms with van der Waals surface area (Å²) in [4.78, 5) is 28.1. The number of amides is 1. The van der Waals surface area contributed by atoms with E-state index >= 15 is 0 Å². The van der Waals surface area contributed by atoms with Gasteiger partial charge in [0.2, 0.25) is 5.13 Å². The number of aromatic nitrogens is 2. The first-order valence-electron chi connectivity index (χ1n) is 12.4. The molecule has 2 atom stereocenters. The number of anilines is 1. The van der Waals surface area contributed by atoms with Crippen molar-refractivity contribution in [3.63, 3.8) is 0 Å². The summed E-state index contributed by atoms with van der Waals surface area (Å²) >= 11 is 8.84. The maximum absolute atomic E-state index is 13.5. The minimum atomic E-state index is -1.02. The number of carbonyl (C=O) groups excluding carboxylic acids is 2. The number of phenols is 1. The van der Waals surface area contributed by atoms with Crippen molar-refractivity contribution in [2.45, 2.75) is 35.6 Å². The number of Topliss-reactive ketones (excluding diaryl/α,β-unsaturated/α-hetero) is 1. The zero-order valence-corrected chi connectivity index (χ0v) is 23.5. The first kappa shape index (κ1) is 26.4. The normalized spacial score (nSPS) is 19.6. The second-order valence-electron chi connectivity index (χ2n) is 9.45. The monoisotopic (exact) mass is 591 g/mol. The van der Waals surface area contributed by atoms with Gasteiger partial charge in [-0.25, -0.2) is 0 Å². The van der Waals surface area contributed by atoms with Crippen molar-refractivity contribution in [1.82, 2.24) is 10.2 Å². The molecule has 0 saturated carbocycles. The average molecular weight is 592 g/mol. The third-order valence-corrected chi connectivity index (χ3v) is 9.18. The predicted octanol–water partition coefficient (Wildman–Crippen LogP) is 6.14. The summed E-state index contributed by atoms with van der Waals surface area (Å²) in [7, 11) is 0. The fourth-order valence-corrected chi connectivity index (χ4v) is 7.03. The number of aliphatic hydroxyl groups is 1. The molecule has 8 nitrogen and oxygen atoms in total. The van der Waals surface area contributed by atoms with Gasteiger partial charge in [-0.05, 0) is 60.0 Å². The van der Waals surface area contributed by atoms with Gasteiger partial charge in [0, 0.05) is 22.8 Å². The first-order valence-corrected chi connectivity index (χ1v) is 14.6. The summed E-state index contributed by atoms with van der Waals surface area (Å²) in [6, 6.07) is 17.9. The van der Waals surface area contributed by atoms with Crippen LogP contribution in [0.25, 0.3) is 5.76 Å². The zero-order valence-electron chi connectivity index (χ0n) is 21.1. The van der Waals surface area contributed by atoms with E-state index in [1.165, 1.54) is 28.8 Å². The minimum absolute atomic E-state index is 0.00709. The maximum atomic E-state index is 13.5. The number of fused-ring (bicyclic) bond motifs is 1. The van der Waals surface area contributed by atoms with Crippen molar-refractivity contribution in [2.24, 2.45) is 0 Å². The van der Waals surface area contributed by atoms with Gasteiger partial charge in [-0.1, -0.05) is 65.0 Å². The zero-order chi connectivity index (χ0) is 28.0. The molecule has 2 N–H and O–H groups in total. The SMILES string of the molecule is C[C@H]1Cc2cc(/C(O)=C3\C(=O)C(=O)N(c4nnc(SCc5ccccc5Cl)s4)[C@@H]3c3cccc(O)c3)ccc2O1. The number of rotatable bonds is 6. The smallest absolute Gasteiger partial charge is 0.301 e. The van der Waals surface area contributed by atoms with E-state index in [4.69, 9.17) is 16.3 Å². The van der Waals surface area contributed by atoms with Gasteiger partial charge in [0.05, 0.1) is 11.6 Å². The van der Waals surface area contributed by atoms with E-state index in [1.807, 2.05) is 31.2 Å². The number of aromatic hydroxyl groups is 1. The van der Waals surface area contributed by atoms with E-state index in [2.05, 4.69) is 10.2 Å². The lowest BCUT2D eigenvalue weighted by Gasteiger charge is -2.22. The van der Waals surface area contributed by atoms with Crippen LogP contribution in [0.5, 0.6) is 11.5 Å². The van der Waals surface area contributed by atoms with Crippen LogP contribution in [0.15, 0.2) is 76.6 Å². The van der Waals surface area contributed by atoms with Crippen LogP contribution in [-0.2, 0) is 21.8 Å². The molecule has 6 rings (SSSR count). The Morgan fingerprint density at radius 1 is 1.12 bits per heavy atom.